The highest BCUT2D eigenvalue weighted by Crippen LogP contribution is 2.20. The van der Waals surface area contributed by atoms with Crippen LogP contribution in [0.15, 0.2) is 24.3 Å². The van der Waals surface area contributed by atoms with E-state index in [2.05, 4.69) is 11.9 Å². The maximum Gasteiger partial charge on any atom is 0.146 e. The van der Waals surface area contributed by atoms with Crippen LogP contribution in [0.5, 0.6) is 0 Å². The van der Waals surface area contributed by atoms with Crippen molar-refractivity contribution < 1.29 is 9.13 Å². The zero-order chi connectivity index (χ0) is 14.4. The molecule has 0 amide bonds. The van der Waals surface area contributed by atoms with Gasteiger partial charge in [0.25, 0.3) is 0 Å². The molecule has 1 saturated heterocycles. The number of morpholine rings is 1. The van der Waals surface area contributed by atoms with Crippen LogP contribution in [-0.2, 0) is 4.74 Å². The maximum atomic E-state index is 14.0. The lowest BCUT2D eigenvalue weighted by Gasteiger charge is -2.35. The van der Waals surface area contributed by atoms with Gasteiger partial charge in [-0.25, -0.2) is 4.39 Å². The molecule has 1 aromatic carbocycles. The number of hydrogen-bond acceptors (Lipinski definition) is 4. The third-order valence-electron chi connectivity index (χ3n) is 3.59. The van der Waals surface area contributed by atoms with Crippen molar-refractivity contribution in [3.63, 3.8) is 0 Å². The van der Waals surface area contributed by atoms with Gasteiger partial charge in [-0.3, -0.25) is 0 Å². The summed E-state index contributed by atoms with van der Waals surface area (Å²) in [6.07, 6.45) is 0.961. The molecule has 4 nitrogen and oxygen atoms in total. The number of anilines is 1. The van der Waals surface area contributed by atoms with Crippen molar-refractivity contribution in [3.8, 4) is 0 Å². The Kier molecular flexibility index (Phi) is 5.76. The highest BCUT2D eigenvalue weighted by molar-refractivity contribution is 5.47. The van der Waals surface area contributed by atoms with Crippen molar-refractivity contribution in [1.29, 1.82) is 0 Å². The van der Waals surface area contributed by atoms with E-state index in [-0.39, 0.29) is 11.9 Å². The first-order valence-electron chi connectivity index (χ1n) is 7.20. The minimum Gasteiger partial charge on any atom is -0.374 e. The van der Waals surface area contributed by atoms with Crippen LogP contribution in [0.25, 0.3) is 0 Å². The number of para-hydroxylation sites is 1. The molecule has 112 valence electrons. The van der Waals surface area contributed by atoms with Crippen LogP contribution in [0.1, 0.15) is 6.42 Å². The Hall–Kier alpha value is -1.17. The molecule has 0 aromatic heterocycles. The van der Waals surface area contributed by atoms with E-state index >= 15 is 0 Å². The van der Waals surface area contributed by atoms with Crippen molar-refractivity contribution in [3.05, 3.63) is 30.1 Å². The van der Waals surface area contributed by atoms with E-state index < -0.39 is 0 Å². The molecule has 0 radical (unpaired) electrons. The fraction of sp³-hybridized carbons (Fsp3) is 0.600. The summed E-state index contributed by atoms with van der Waals surface area (Å²) < 4.78 is 19.8. The first-order chi connectivity index (χ1) is 9.70. The van der Waals surface area contributed by atoms with Crippen LogP contribution in [-0.4, -0.2) is 57.4 Å². The highest BCUT2D eigenvalue weighted by Gasteiger charge is 2.21. The van der Waals surface area contributed by atoms with Gasteiger partial charge < -0.3 is 20.3 Å². The summed E-state index contributed by atoms with van der Waals surface area (Å²) in [6, 6.07) is 6.89. The minimum atomic E-state index is -0.186. The standard InChI is InChI=1S/C15H24FN3O/c1-18-9-10-20-13(11-18)12-19(8-4-7-17)15-6-3-2-5-14(15)16/h2-3,5-6,13H,4,7-12,17H2,1H3. The van der Waals surface area contributed by atoms with Gasteiger partial charge >= 0.3 is 0 Å². The number of benzene rings is 1. The molecule has 2 rings (SSSR count). The van der Waals surface area contributed by atoms with Crippen molar-refractivity contribution in [1.82, 2.24) is 4.90 Å². The van der Waals surface area contributed by atoms with E-state index in [1.807, 2.05) is 17.0 Å². The van der Waals surface area contributed by atoms with Gasteiger partial charge in [-0.15, -0.1) is 0 Å². The number of rotatable bonds is 6. The van der Waals surface area contributed by atoms with E-state index in [9.17, 15) is 4.39 Å². The molecule has 1 aromatic rings. The molecule has 5 heteroatoms. The molecule has 1 fully saturated rings. The first kappa shape index (κ1) is 15.2. The number of likely N-dealkylation sites (N-methyl/N-ethyl adjacent to an activating group) is 1. The molecule has 0 bridgehead atoms. The van der Waals surface area contributed by atoms with E-state index in [4.69, 9.17) is 10.5 Å². The molecule has 0 spiro atoms. The Morgan fingerprint density at radius 1 is 1.45 bits per heavy atom. The molecule has 1 aliphatic heterocycles. The summed E-state index contributed by atoms with van der Waals surface area (Å²) in [4.78, 5) is 4.29. The number of ether oxygens (including phenoxy) is 1. The third-order valence-corrected chi connectivity index (χ3v) is 3.59. The van der Waals surface area contributed by atoms with E-state index in [0.717, 1.165) is 32.7 Å². The zero-order valence-electron chi connectivity index (χ0n) is 12.1. The molecule has 2 N–H and O–H groups in total. The topological polar surface area (TPSA) is 41.7 Å². The van der Waals surface area contributed by atoms with Gasteiger partial charge in [0.05, 0.1) is 18.4 Å². The average Bonchev–Trinajstić information content (AvgIpc) is 2.44. The average molecular weight is 281 g/mol. The summed E-state index contributed by atoms with van der Waals surface area (Å²) >= 11 is 0. The Morgan fingerprint density at radius 3 is 2.95 bits per heavy atom. The van der Waals surface area contributed by atoms with Crippen LogP contribution in [0.2, 0.25) is 0 Å². The van der Waals surface area contributed by atoms with Crippen LogP contribution in [0.3, 0.4) is 0 Å². The lowest BCUT2D eigenvalue weighted by atomic mass is 10.2. The molecule has 1 aliphatic rings. The van der Waals surface area contributed by atoms with Crippen LogP contribution in [0.4, 0.5) is 10.1 Å². The summed E-state index contributed by atoms with van der Waals surface area (Å²) in [5.74, 6) is -0.186. The predicted octanol–water partition coefficient (Wildman–Crippen LogP) is 1.31. The van der Waals surface area contributed by atoms with Crippen LogP contribution in [0, 0.1) is 5.82 Å². The van der Waals surface area contributed by atoms with Gasteiger partial charge in [0.1, 0.15) is 5.82 Å². The van der Waals surface area contributed by atoms with Gasteiger partial charge in [0, 0.05) is 26.2 Å². The van der Waals surface area contributed by atoms with Crippen molar-refractivity contribution in [2.45, 2.75) is 12.5 Å². The Bertz CT molecular complexity index is 416. The van der Waals surface area contributed by atoms with Crippen LogP contribution >= 0.6 is 0 Å². The number of hydrogen-bond donors (Lipinski definition) is 1. The van der Waals surface area contributed by atoms with E-state index in [0.29, 0.717) is 18.8 Å². The molecule has 1 heterocycles. The molecular formula is C15H24FN3O. The molecule has 0 aliphatic carbocycles. The number of halogens is 1. The molecular weight excluding hydrogens is 257 g/mol. The van der Waals surface area contributed by atoms with Crippen LogP contribution < -0.4 is 10.6 Å². The first-order valence-corrected chi connectivity index (χ1v) is 7.20. The SMILES string of the molecule is CN1CCOC(CN(CCCN)c2ccccc2F)C1. The number of nitrogens with two attached hydrogens (primary N) is 1. The second-order valence-electron chi connectivity index (χ2n) is 5.29. The van der Waals surface area contributed by atoms with Gasteiger partial charge in [-0.05, 0) is 32.1 Å². The summed E-state index contributed by atoms with van der Waals surface area (Å²) in [5.41, 5.74) is 6.23. The van der Waals surface area contributed by atoms with Crippen molar-refractivity contribution in [2.24, 2.45) is 5.73 Å². The van der Waals surface area contributed by atoms with E-state index in [1.54, 1.807) is 6.07 Å². The molecule has 1 atom stereocenters. The Balaban J connectivity index is 2.05. The summed E-state index contributed by atoms with van der Waals surface area (Å²) in [6.45, 7) is 4.64. The fourth-order valence-corrected chi connectivity index (χ4v) is 2.52. The lowest BCUT2D eigenvalue weighted by molar-refractivity contribution is -0.0148. The van der Waals surface area contributed by atoms with Gasteiger partial charge in [0.2, 0.25) is 0 Å². The largest absolute Gasteiger partial charge is 0.374 e. The van der Waals surface area contributed by atoms with E-state index in [1.165, 1.54) is 6.07 Å². The predicted molar refractivity (Wildman–Crippen MR) is 79.5 cm³/mol. The van der Waals surface area contributed by atoms with Crippen molar-refractivity contribution >= 4 is 5.69 Å². The monoisotopic (exact) mass is 281 g/mol. The quantitative estimate of drug-likeness (QED) is 0.854. The summed E-state index contributed by atoms with van der Waals surface area (Å²) in [7, 11) is 2.09. The third kappa shape index (κ3) is 4.16. The Morgan fingerprint density at radius 2 is 2.25 bits per heavy atom. The maximum absolute atomic E-state index is 14.0. The highest BCUT2D eigenvalue weighted by atomic mass is 19.1. The molecule has 20 heavy (non-hydrogen) atoms. The smallest absolute Gasteiger partial charge is 0.146 e. The van der Waals surface area contributed by atoms with Crippen molar-refractivity contribution in [2.75, 3.05) is 51.3 Å². The Labute approximate surface area is 120 Å². The van der Waals surface area contributed by atoms with Gasteiger partial charge in [0.15, 0.2) is 0 Å². The fourth-order valence-electron chi connectivity index (χ4n) is 2.52. The lowest BCUT2D eigenvalue weighted by Crippen LogP contribution is -2.46. The molecule has 1 unspecified atom stereocenters. The zero-order valence-corrected chi connectivity index (χ0v) is 12.1. The summed E-state index contributed by atoms with van der Waals surface area (Å²) in [5, 5.41) is 0. The molecule has 0 saturated carbocycles. The van der Waals surface area contributed by atoms with Gasteiger partial charge in [-0.2, -0.15) is 0 Å². The normalized spacial score (nSPS) is 20.1. The minimum absolute atomic E-state index is 0.117. The number of nitrogens with zero attached hydrogens (tertiary/aromatic N) is 2. The second kappa shape index (κ2) is 7.57. The van der Waals surface area contributed by atoms with Gasteiger partial charge in [-0.1, -0.05) is 12.1 Å². The second-order valence-corrected chi connectivity index (χ2v) is 5.29.